The first-order valence-corrected chi connectivity index (χ1v) is 6.73. The number of alkyl halides is 3. The fourth-order valence-electron chi connectivity index (χ4n) is 2.32. The molecule has 21 heavy (non-hydrogen) atoms. The Kier molecular flexibility index (Phi) is 4.68. The van der Waals surface area contributed by atoms with E-state index in [2.05, 4.69) is 9.88 Å². The molecule has 1 aliphatic rings. The SMILES string of the molecule is CN1CCCCC1COc1nc(C(F)(F)F)ccc1C#N. The maximum atomic E-state index is 12.7. The zero-order valence-corrected chi connectivity index (χ0v) is 11.7. The molecule has 0 N–H and O–H groups in total. The molecule has 1 fully saturated rings. The average molecular weight is 299 g/mol. The van der Waals surface area contributed by atoms with Crippen LogP contribution in [0.1, 0.15) is 30.5 Å². The monoisotopic (exact) mass is 299 g/mol. The fraction of sp³-hybridized carbons (Fsp3) is 0.571. The molecule has 4 nitrogen and oxygen atoms in total. The summed E-state index contributed by atoms with van der Waals surface area (Å²) >= 11 is 0. The van der Waals surface area contributed by atoms with Crippen LogP contribution in [0.2, 0.25) is 0 Å². The van der Waals surface area contributed by atoms with Gasteiger partial charge in [-0.25, -0.2) is 4.98 Å². The molecule has 1 aromatic heterocycles. The van der Waals surface area contributed by atoms with E-state index in [1.54, 1.807) is 6.07 Å². The lowest BCUT2D eigenvalue weighted by molar-refractivity contribution is -0.141. The van der Waals surface area contributed by atoms with Crippen molar-refractivity contribution in [3.05, 3.63) is 23.4 Å². The summed E-state index contributed by atoms with van der Waals surface area (Å²) in [7, 11) is 1.96. The van der Waals surface area contributed by atoms with Crippen molar-refractivity contribution in [1.82, 2.24) is 9.88 Å². The van der Waals surface area contributed by atoms with E-state index in [-0.39, 0.29) is 24.1 Å². The van der Waals surface area contributed by atoms with E-state index in [1.165, 1.54) is 0 Å². The molecule has 1 aliphatic heterocycles. The molecule has 7 heteroatoms. The van der Waals surface area contributed by atoms with E-state index in [4.69, 9.17) is 10.00 Å². The van der Waals surface area contributed by atoms with Crippen molar-refractivity contribution in [2.75, 3.05) is 20.2 Å². The number of aromatic nitrogens is 1. The van der Waals surface area contributed by atoms with Crippen LogP contribution < -0.4 is 4.74 Å². The molecule has 0 saturated carbocycles. The zero-order chi connectivity index (χ0) is 15.5. The van der Waals surface area contributed by atoms with Crippen LogP contribution >= 0.6 is 0 Å². The highest BCUT2D eigenvalue weighted by Gasteiger charge is 2.33. The summed E-state index contributed by atoms with van der Waals surface area (Å²) in [5.74, 6) is -0.244. The Morgan fingerprint density at radius 2 is 2.19 bits per heavy atom. The summed E-state index contributed by atoms with van der Waals surface area (Å²) < 4.78 is 43.4. The minimum atomic E-state index is -4.55. The van der Waals surface area contributed by atoms with E-state index < -0.39 is 11.9 Å². The van der Waals surface area contributed by atoms with Crippen molar-refractivity contribution in [2.24, 2.45) is 0 Å². The molecule has 1 atom stereocenters. The molecule has 0 bridgehead atoms. The second kappa shape index (κ2) is 6.31. The lowest BCUT2D eigenvalue weighted by Crippen LogP contribution is -2.40. The highest BCUT2D eigenvalue weighted by atomic mass is 19.4. The zero-order valence-electron chi connectivity index (χ0n) is 11.7. The third-order valence-electron chi connectivity index (χ3n) is 3.61. The van der Waals surface area contributed by atoms with Crippen molar-refractivity contribution in [1.29, 1.82) is 5.26 Å². The van der Waals surface area contributed by atoms with Gasteiger partial charge in [0.25, 0.3) is 0 Å². The number of hydrogen-bond donors (Lipinski definition) is 0. The van der Waals surface area contributed by atoms with Gasteiger partial charge in [-0.1, -0.05) is 6.42 Å². The van der Waals surface area contributed by atoms with Crippen LogP contribution in [0.4, 0.5) is 13.2 Å². The van der Waals surface area contributed by atoms with Crippen molar-refractivity contribution in [3.8, 4) is 11.9 Å². The van der Waals surface area contributed by atoms with Gasteiger partial charge in [0.2, 0.25) is 5.88 Å². The van der Waals surface area contributed by atoms with Crippen LogP contribution in [-0.2, 0) is 6.18 Å². The third kappa shape index (κ3) is 3.85. The van der Waals surface area contributed by atoms with Crippen molar-refractivity contribution < 1.29 is 17.9 Å². The minimum absolute atomic E-state index is 0.0152. The van der Waals surface area contributed by atoms with Crippen LogP contribution in [0.15, 0.2) is 12.1 Å². The number of hydrogen-bond acceptors (Lipinski definition) is 4. The quantitative estimate of drug-likeness (QED) is 0.861. The van der Waals surface area contributed by atoms with Gasteiger partial charge >= 0.3 is 6.18 Å². The van der Waals surface area contributed by atoms with Gasteiger partial charge < -0.3 is 9.64 Å². The molecule has 1 aromatic rings. The van der Waals surface area contributed by atoms with Gasteiger partial charge in [0, 0.05) is 6.04 Å². The number of rotatable bonds is 3. The summed E-state index contributed by atoms with van der Waals surface area (Å²) in [6.45, 7) is 1.18. The van der Waals surface area contributed by atoms with Crippen LogP contribution in [0.25, 0.3) is 0 Å². The number of piperidine rings is 1. The highest BCUT2D eigenvalue weighted by Crippen LogP contribution is 2.30. The van der Waals surface area contributed by atoms with Gasteiger partial charge in [-0.2, -0.15) is 18.4 Å². The summed E-state index contributed by atoms with van der Waals surface area (Å²) in [5.41, 5.74) is -1.03. The number of halogens is 3. The lowest BCUT2D eigenvalue weighted by atomic mass is 10.0. The Morgan fingerprint density at radius 1 is 1.43 bits per heavy atom. The van der Waals surface area contributed by atoms with Gasteiger partial charge in [0.05, 0.1) is 0 Å². The Morgan fingerprint density at radius 3 is 2.81 bits per heavy atom. The van der Waals surface area contributed by atoms with Crippen LogP contribution in [-0.4, -0.2) is 36.1 Å². The highest BCUT2D eigenvalue weighted by molar-refractivity contribution is 5.39. The maximum Gasteiger partial charge on any atom is 0.433 e. The van der Waals surface area contributed by atoms with Gasteiger partial charge in [0.15, 0.2) is 0 Å². The number of likely N-dealkylation sites (tertiary alicyclic amines) is 1. The predicted octanol–water partition coefficient (Wildman–Crippen LogP) is 2.84. The Hall–Kier alpha value is -1.81. The minimum Gasteiger partial charge on any atom is -0.475 e. The first kappa shape index (κ1) is 15.6. The van der Waals surface area contributed by atoms with Crippen molar-refractivity contribution in [3.63, 3.8) is 0 Å². The second-order valence-corrected chi connectivity index (χ2v) is 5.10. The van der Waals surface area contributed by atoms with Gasteiger partial charge in [-0.05, 0) is 38.6 Å². The Labute approximate surface area is 121 Å². The molecule has 1 unspecified atom stereocenters. The topological polar surface area (TPSA) is 49.1 Å². The first-order chi connectivity index (χ1) is 9.91. The van der Waals surface area contributed by atoms with Crippen LogP contribution in [0.5, 0.6) is 5.88 Å². The Balaban J connectivity index is 2.12. The Bertz CT molecular complexity index is 539. The predicted molar refractivity (Wildman–Crippen MR) is 69.7 cm³/mol. The number of pyridine rings is 1. The van der Waals surface area contributed by atoms with Gasteiger partial charge in [-0.15, -0.1) is 0 Å². The summed E-state index contributed by atoms with van der Waals surface area (Å²) in [4.78, 5) is 5.55. The van der Waals surface area contributed by atoms with E-state index in [0.29, 0.717) is 0 Å². The normalized spacial score (nSPS) is 20.0. The molecular weight excluding hydrogens is 283 g/mol. The van der Waals surface area contributed by atoms with Gasteiger partial charge in [-0.3, -0.25) is 0 Å². The first-order valence-electron chi connectivity index (χ1n) is 6.73. The van der Waals surface area contributed by atoms with E-state index in [0.717, 1.165) is 37.9 Å². The molecule has 0 radical (unpaired) electrons. The largest absolute Gasteiger partial charge is 0.475 e. The van der Waals surface area contributed by atoms with Crippen molar-refractivity contribution in [2.45, 2.75) is 31.5 Å². The second-order valence-electron chi connectivity index (χ2n) is 5.10. The van der Waals surface area contributed by atoms with Crippen LogP contribution in [0.3, 0.4) is 0 Å². The summed E-state index contributed by atoms with van der Waals surface area (Å²) in [5, 5.41) is 8.94. The molecule has 2 heterocycles. The molecular formula is C14H16F3N3O. The number of nitriles is 1. The fourth-order valence-corrected chi connectivity index (χ4v) is 2.32. The molecule has 0 amide bonds. The summed E-state index contributed by atoms with van der Waals surface area (Å²) in [6.07, 6.45) is -1.44. The molecule has 0 aliphatic carbocycles. The molecule has 0 aromatic carbocycles. The van der Waals surface area contributed by atoms with Crippen molar-refractivity contribution >= 4 is 0 Å². The third-order valence-corrected chi connectivity index (χ3v) is 3.61. The van der Waals surface area contributed by atoms with Gasteiger partial charge in [0.1, 0.15) is 23.9 Å². The number of likely N-dealkylation sites (N-methyl/N-ethyl adjacent to an activating group) is 1. The van der Waals surface area contributed by atoms with Crippen LogP contribution in [0, 0.1) is 11.3 Å². The number of nitrogens with zero attached hydrogens (tertiary/aromatic N) is 3. The average Bonchev–Trinajstić information content (AvgIpc) is 2.45. The molecule has 1 saturated heterocycles. The molecule has 114 valence electrons. The van der Waals surface area contributed by atoms with E-state index in [9.17, 15) is 13.2 Å². The maximum absolute atomic E-state index is 12.7. The number of ether oxygens (including phenoxy) is 1. The smallest absolute Gasteiger partial charge is 0.433 e. The summed E-state index contributed by atoms with van der Waals surface area (Å²) in [6, 6.07) is 3.83. The molecule has 2 rings (SSSR count). The van der Waals surface area contributed by atoms with E-state index >= 15 is 0 Å². The standard InChI is InChI=1S/C14H16F3N3O/c1-20-7-3-2-4-11(20)9-21-13-10(8-18)5-6-12(19-13)14(15,16)17/h5-6,11H,2-4,7,9H2,1H3. The lowest BCUT2D eigenvalue weighted by Gasteiger charge is -2.32. The van der Waals surface area contributed by atoms with E-state index in [1.807, 2.05) is 7.05 Å². The molecule has 0 spiro atoms.